The maximum absolute atomic E-state index is 13.7. The SMILES string of the molecule is CCC(NS(=O)(=O)c1ccccc1F)C1CCCCC1. The molecule has 1 unspecified atom stereocenters. The Morgan fingerprint density at radius 3 is 2.50 bits per heavy atom. The normalized spacial score (nSPS) is 18.9. The summed E-state index contributed by atoms with van der Waals surface area (Å²) in [6.07, 6.45) is 6.38. The maximum Gasteiger partial charge on any atom is 0.243 e. The molecule has 1 saturated carbocycles. The fraction of sp³-hybridized carbons (Fsp3) is 0.600. The van der Waals surface area contributed by atoms with Crippen LogP contribution in [0.2, 0.25) is 0 Å². The van der Waals surface area contributed by atoms with Gasteiger partial charge in [-0.05, 0) is 37.3 Å². The Kier molecular flexibility index (Phi) is 5.16. The van der Waals surface area contributed by atoms with Gasteiger partial charge in [-0.2, -0.15) is 0 Å². The van der Waals surface area contributed by atoms with Crippen molar-refractivity contribution in [3.63, 3.8) is 0 Å². The van der Waals surface area contributed by atoms with Crippen molar-refractivity contribution in [1.29, 1.82) is 0 Å². The Hall–Kier alpha value is -0.940. The first-order chi connectivity index (χ1) is 9.54. The minimum Gasteiger partial charge on any atom is -0.208 e. The van der Waals surface area contributed by atoms with E-state index in [0.29, 0.717) is 5.92 Å². The molecule has 0 saturated heterocycles. The summed E-state index contributed by atoms with van der Waals surface area (Å²) in [6.45, 7) is 1.98. The van der Waals surface area contributed by atoms with E-state index in [1.165, 1.54) is 24.6 Å². The molecule has 1 fully saturated rings. The number of hydrogen-bond donors (Lipinski definition) is 1. The highest BCUT2D eigenvalue weighted by Gasteiger charge is 2.28. The summed E-state index contributed by atoms with van der Waals surface area (Å²) in [4.78, 5) is -0.255. The number of sulfonamides is 1. The summed E-state index contributed by atoms with van der Waals surface area (Å²) >= 11 is 0. The molecule has 2 rings (SSSR count). The molecule has 0 bridgehead atoms. The van der Waals surface area contributed by atoms with E-state index in [1.807, 2.05) is 6.92 Å². The molecule has 0 aliphatic heterocycles. The van der Waals surface area contributed by atoms with Gasteiger partial charge in [-0.15, -0.1) is 0 Å². The standard InChI is InChI=1S/C15H22FNO2S/c1-2-14(12-8-4-3-5-9-12)17-20(18,19)15-11-7-6-10-13(15)16/h6-7,10-12,14,17H,2-5,8-9H2,1H3. The van der Waals surface area contributed by atoms with Gasteiger partial charge < -0.3 is 0 Å². The summed E-state index contributed by atoms with van der Waals surface area (Å²) in [5.41, 5.74) is 0. The number of benzene rings is 1. The van der Waals surface area contributed by atoms with E-state index in [0.717, 1.165) is 32.1 Å². The molecule has 20 heavy (non-hydrogen) atoms. The minimum atomic E-state index is -3.78. The van der Waals surface area contributed by atoms with Gasteiger partial charge in [0, 0.05) is 6.04 Å². The van der Waals surface area contributed by atoms with E-state index >= 15 is 0 Å². The van der Waals surface area contributed by atoms with Crippen LogP contribution in [0.1, 0.15) is 45.4 Å². The average Bonchev–Trinajstić information content (AvgIpc) is 2.46. The molecule has 112 valence electrons. The van der Waals surface area contributed by atoms with Gasteiger partial charge in [0.1, 0.15) is 10.7 Å². The average molecular weight is 299 g/mol. The molecule has 3 nitrogen and oxygen atoms in total. The molecule has 0 spiro atoms. The Morgan fingerprint density at radius 2 is 1.90 bits per heavy atom. The van der Waals surface area contributed by atoms with E-state index in [-0.39, 0.29) is 10.9 Å². The second-order valence-electron chi connectivity index (χ2n) is 5.46. The molecule has 5 heteroatoms. The largest absolute Gasteiger partial charge is 0.243 e. The van der Waals surface area contributed by atoms with Crippen molar-refractivity contribution in [2.45, 2.75) is 56.4 Å². The summed E-state index contributed by atoms with van der Waals surface area (Å²) < 4.78 is 41.0. The highest BCUT2D eigenvalue weighted by atomic mass is 32.2. The van der Waals surface area contributed by atoms with Gasteiger partial charge in [-0.1, -0.05) is 38.3 Å². The van der Waals surface area contributed by atoms with Gasteiger partial charge in [0.25, 0.3) is 0 Å². The molecule has 0 aromatic heterocycles. The summed E-state index contributed by atoms with van der Waals surface area (Å²) in [6, 6.07) is 5.42. The lowest BCUT2D eigenvalue weighted by molar-refractivity contribution is 0.285. The number of rotatable bonds is 5. The zero-order valence-corrected chi connectivity index (χ0v) is 12.6. The molecule has 1 aromatic carbocycles. The molecule has 1 aliphatic rings. The van der Waals surface area contributed by atoms with Crippen molar-refractivity contribution < 1.29 is 12.8 Å². The van der Waals surface area contributed by atoms with Crippen LogP contribution < -0.4 is 4.72 Å². The van der Waals surface area contributed by atoms with Gasteiger partial charge in [-0.3, -0.25) is 0 Å². The second-order valence-corrected chi connectivity index (χ2v) is 7.15. The Bertz CT molecular complexity index is 539. The van der Waals surface area contributed by atoms with Crippen molar-refractivity contribution >= 4 is 10.0 Å². The highest BCUT2D eigenvalue weighted by molar-refractivity contribution is 7.89. The summed E-state index contributed by atoms with van der Waals surface area (Å²) in [5.74, 6) is -0.325. The minimum absolute atomic E-state index is 0.0973. The van der Waals surface area contributed by atoms with Crippen molar-refractivity contribution in [1.82, 2.24) is 4.72 Å². The van der Waals surface area contributed by atoms with Gasteiger partial charge in [-0.25, -0.2) is 17.5 Å². The lowest BCUT2D eigenvalue weighted by Gasteiger charge is -2.30. The summed E-state index contributed by atoms with van der Waals surface area (Å²) in [7, 11) is -3.78. The first-order valence-corrected chi connectivity index (χ1v) is 8.79. The predicted molar refractivity (Wildman–Crippen MR) is 77.4 cm³/mol. The Labute approximate surface area is 120 Å². The second kappa shape index (κ2) is 6.68. The van der Waals surface area contributed by atoms with E-state index in [1.54, 1.807) is 6.07 Å². The Morgan fingerprint density at radius 1 is 1.25 bits per heavy atom. The molecular formula is C15H22FNO2S. The highest BCUT2D eigenvalue weighted by Crippen LogP contribution is 2.28. The predicted octanol–water partition coefficient (Wildman–Crippen LogP) is 3.46. The molecule has 0 amide bonds. The molecule has 1 N–H and O–H groups in total. The van der Waals surface area contributed by atoms with Crippen LogP contribution in [-0.2, 0) is 10.0 Å². The van der Waals surface area contributed by atoms with Crippen molar-refractivity contribution in [2.24, 2.45) is 5.92 Å². The third-order valence-corrected chi connectivity index (χ3v) is 5.61. The van der Waals surface area contributed by atoms with E-state index in [4.69, 9.17) is 0 Å². The van der Waals surface area contributed by atoms with Gasteiger partial charge >= 0.3 is 0 Å². The summed E-state index contributed by atoms with van der Waals surface area (Å²) in [5, 5.41) is 0. The quantitative estimate of drug-likeness (QED) is 0.905. The zero-order valence-electron chi connectivity index (χ0n) is 11.8. The fourth-order valence-electron chi connectivity index (χ4n) is 2.97. The number of hydrogen-bond acceptors (Lipinski definition) is 2. The Balaban J connectivity index is 2.15. The number of nitrogens with one attached hydrogen (secondary N) is 1. The van der Waals surface area contributed by atoms with Crippen LogP contribution in [-0.4, -0.2) is 14.5 Å². The van der Waals surface area contributed by atoms with E-state index in [9.17, 15) is 12.8 Å². The molecular weight excluding hydrogens is 277 g/mol. The molecule has 1 aliphatic carbocycles. The van der Waals surface area contributed by atoms with Gasteiger partial charge in [0.15, 0.2) is 0 Å². The van der Waals surface area contributed by atoms with Gasteiger partial charge in [0.2, 0.25) is 10.0 Å². The van der Waals surface area contributed by atoms with Crippen LogP contribution >= 0.6 is 0 Å². The van der Waals surface area contributed by atoms with Crippen molar-refractivity contribution in [3.05, 3.63) is 30.1 Å². The lowest BCUT2D eigenvalue weighted by Crippen LogP contribution is -2.40. The van der Waals surface area contributed by atoms with E-state index in [2.05, 4.69) is 4.72 Å². The van der Waals surface area contributed by atoms with Crippen LogP contribution in [0.25, 0.3) is 0 Å². The molecule has 1 atom stereocenters. The zero-order chi connectivity index (χ0) is 14.6. The van der Waals surface area contributed by atoms with Crippen LogP contribution in [0.4, 0.5) is 4.39 Å². The first-order valence-electron chi connectivity index (χ1n) is 7.31. The van der Waals surface area contributed by atoms with Crippen molar-refractivity contribution in [3.8, 4) is 0 Å². The van der Waals surface area contributed by atoms with Crippen molar-refractivity contribution in [2.75, 3.05) is 0 Å². The molecule has 0 heterocycles. The van der Waals surface area contributed by atoms with Gasteiger partial charge in [0.05, 0.1) is 0 Å². The van der Waals surface area contributed by atoms with Crippen LogP contribution in [0.3, 0.4) is 0 Å². The number of halogens is 1. The third-order valence-electron chi connectivity index (χ3n) is 4.09. The van der Waals surface area contributed by atoms with E-state index < -0.39 is 15.8 Å². The molecule has 1 aromatic rings. The van der Waals surface area contributed by atoms with Crippen LogP contribution in [0.15, 0.2) is 29.2 Å². The van der Waals surface area contributed by atoms with Crippen LogP contribution in [0, 0.1) is 11.7 Å². The fourth-order valence-corrected chi connectivity index (χ4v) is 4.44. The van der Waals surface area contributed by atoms with Crippen LogP contribution in [0.5, 0.6) is 0 Å². The molecule has 0 radical (unpaired) electrons. The third kappa shape index (κ3) is 3.58. The first kappa shape index (κ1) is 15.4. The monoisotopic (exact) mass is 299 g/mol. The lowest BCUT2D eigenvalue weighted by atomic mass is 9.83. The smallest absolute Gasteiger partial charge is 0.208 e. The topological polar surface area (TPSA) is 46.2 Å². The maximum atomic E-state index is 13.7.